The number of unbranched alkanes of at least 4 members (excludes halogenated alkanes) is 3. The number of benzene rings is 1. The molecule has 0 bridgehead atoms. The molecule has 1 heterocycles. The molecule has 0 aliphatic rings. The van der Waals surface area contributed by atoms with E-state index >= 15 is 0 Å². The van der Waals surface area contributed by atoms with Crippen molar-refractivity contribution < 1.29 is 19.1 Å². The average molecular weight is 333 g/mol. The van der Waals surface area contributed by atoms with Crippen LogP contribution >= 0.6 is 0 Å². The van der Waals surface area contributed by atoms with Crippen LogP contribution in [0.25, 0.3) is 5.69 Å². The molecule has 0 aliphatic carbocycles. The summed E-state index contributed by atoms with van der Waals surface area (Å²) in [4.78, 5) is 22.4. The lowest BCUT2D eigenvalue weighted by atomic mass is 10.1. The van der Waals surface area contributed by atoms with Crippen LogP contribution in [-0.2, 0) is 4.79 Å². The minimum atomic E-state index is -0.788. The fourth-order valence-electron chi connectivity index (χ4n) is 2.30. The van der Waals surface area contributed by atoms with Gasteiger partial charge in [0.05, 0.1) is 0 Å². The van der Waals surface area contributed by atoms with Gasteiger partial charge in [0.2, 0.25) is 0 Å². The fourth-order valence-corrected chi connectivity index (χ4v) is 2.30. The number of nitrogens with zero attached hydrogens (tertiary/aromatic N) is 2. The second kappa shape index (κ2) is 8.81. The minimum Gasteiger partial charge on any atom is -0.481 e. The molecule has 2 N–H and O–H groups in total. The Labute approximate surface area is 139 Å². The third-order valence-corrected chi connectivity index (χ3v) is 3.56. The Morgan fingerprint density at radius 3 is 2.67 bits per heavy atom. The van der Waals surface area contributed by atoms with E-state index in [4.69, 9.17) is 5.11 Å². The number of aliphatic carboxylic acids is 1. The first-order valence-corrected chi connectivity index (χ1v) is 7.87. The van der Waals surface area contributed by atoms with Crippen molar-refractivity contribution in [3.63, 3.8) is 0 Å². The van der Waals surface area contributed by atoms with Crippen LogP contribution in [0.15, 0.2) is 36.7 Å². The van der Waals surface area contributed by atoms with E-state index in [2.05, 4.69) is 10.4 Å². The molecule has 2 aromatic rings. The van der Waals surface area contributed by atoms with Gasteiger partial charge in [-0.2, -0.15) is 5.10 Å². The van der Waals surface area contributed by atoms with E-state index in [1.807, 2.05) is 0 Å². The molecule has 0 spiro atoms. The van der Waals surface area contributed by atoms with E-state index in [-0.39, 0.29) is 23.6 Å². The smallest absolute Gasteiger partial charge is 0.303 e. The molecule has 0 unspecified atom stereocenters. The number of carboxylic acid groups (broad SMARTS) is 1. The number of amides is 1. The van der Waals surface area contributed by atoms with Crippen molar-refractivity contribution in [1.29, 1.82) is 0 Å². The van der Waals surface area contributed by atoms with Gasteiger partial charge in [-0.25, -0.2) is 9.07 Å². The van der Waals surface area contributed by atoms with Gasteiger partial charge in [-0.3, -0.25) is 9.59 Å². The highest BCUT2D eigenvalue weighted by molar-refractivity contribution is 5.94. The predicted molar refractivity (Wildman–Crippen MR) is 86.6 cm³/mol. The van der Waals surface area contributed by atoms with Crippen molar-refractivity contribution in [2.45, 2.75) is 32.1 Å². The Bertz CT molecular complexity index is 686. The van der Waals surface area contributed by atoms with Crippen molar-refractivity contribution in [3.05, 3.63) is 48.0 Å². The summed E-state index contributed by atoms with van der Waals surface area (Å²) in [5.41, 5.74) is 0.546. The maximum atomic E-state index is 14.1. The van der Waals surface area contributed by atoms with Gasteiger partial charge in [-0.05, 0) is 37.1 Å². The van der Waals surface area contributed by atoms with Gasteiger partial charge in [-0.15, -0.1) is 0 Å². The first-order valence-electron chi connectivity index (χ1n) is 7.87. The maximum absolute atomic E-state index is 14.1. The lowest BCUT2D eigenvalue weighted by Crippen LogP contribution is -2.24. The van der Waals surface area contributed by atoms with E-state index in [0.29, 0.717) is 13.0 Å². The molecule has 128 valence electrons. The van der Waals surface area contributed by atoms with Gasteiger partial charge in [0, 0.05) is 30.9 Å². The molecule has 2 rings (SSSR count). The second-order valence-corrected chi connectivity index (χ2v) is 5.43. The molecule has 0 saturated carbocycles. The highest BCUT2D eigenvalue weighted by Gasteiger charge is 2.10. The Morgan fingerprint density at radius 2 is 2.00 bits per heavy atom. The van der Waals surface area contributed by atoms with Gasteiger partial charge < -0.3 is 10.4 Å². The fraction of sp³-hybridized carbons (Fsp3) is 0.353. The molecule has 6 nitrogen and oxygen atoms in total. The number of carbonyl (C=O) groups excluding carboxylic acids is 1. The number of carboxylic acids is 1. The summed E-state index contributed by atoms with van der Waals surface area (Å²) >= 11 is 0. The summed E-state index contributed by atoms with van der Waals surface area (Å²) in [5.74, 6) is -1.63. The highest BCUT2D eigenvalue weighted by Crippen LogP contribution is 2.14. The summed E-state index contributed by atoms with van der Waals surface area (Å²) in [6, 6.07) is 5.96. The zero-order chi connectivity index (χ0) is 17.4. The van der Waals surface area contributed by atoms with E-state index in [1.165, 1.54) is 16.8 Å². The van der Waals surface area contributed by atoms with Crippen LogP contribution in [0, 0.1) is 5.82 Å². The van der Waals surface area contributed by atoms with Crippen molar-refractivity contribution in [2.75, 3.05) is 6.54 Å². The maximum Gasteiger partial charge on any atom is 0.303 e. The Balaban J connectivity index is 1.77. The molecule has 7 heteroatoms. The third-order valence-electron chi connectivity index (χ3n) is 3.56. The summed E-state index contributed by atoms with van der Waals surface area (Å²) in [6.45, 7) is 0.481. The molecule has 0 radical (unpaired) electrons. The van der Waals surface area contributed by atoms with Gasteiger partial charge >= 0.3 is 5.97 Å². The second-order valence-electron chi connectivity index (χ2n) is 5.43. The van der Waals surface area contributed by atoms with E-state index < -0.39 is 11.8 Å². The number of carbonyl (C=O) groups is 2. The Morgan fingerprint density at radius 1 is 1.21 bits per heavy atom. The molecule has 1 aromatic heterocycles. The van der Waals surface area contributed by atoms with Crippen LogP contribution in [0.1, 0.15) is 42.5 Å². The largest absolute Gasteiger partial charge is 0.481 e. The van der Waals surface area contributed by atoms with Crippen molar-refractivity contribution in [1.82, 2.24) is 15.1 Å². The number of hydrogen-bond donors (Lipinski definition) is 2. The molecule has 0 saturated heterocycles. The lowest BCUT2D eigenvalue weighted by molar-refractivity contribution is -0.137. The molecule has 1 amide bonds. The highest BCUT2D eigenvalue weighted by atomic mass is 19.1. The van der Waals surface area contributed by atoms with E-state index in [0.717, 1.165) is 19.3 Å². The summed E-state index contributed by atoms with van der Waals surface area (Å²) in [7, 11) is 0. The molecule has 0 aliphatic heterocycles. The van der Waals surface area contributed by atoms with Gasteiger partial charge in [0.25, 0.3) is 5.91 Å². The van der Waals surface area contributed by atoms with E-state index in [1.54, 1.807) is 24.5 Å². The number of aromatic nitrogens is 2. The number of halogens is 1. The molecular weight excluding hydrogens is 313 g/mol. The van der Waals surface area contributed by atoms with Crippen LogP contribution in [0.4, 0.5) is 4.39 Å². The number of hydrogen-bond acceptors (Lipinski definition) is 3. The molecule has 0 atom stereocenters. The zero-order valence-electron chi connectivity index (χ0n) is 13.2. The van der Waals surface area contributed by atoms with Gasteiger partial charge in [-0.1, -0.05) is 12.8 Å². The summed E-state index contributed by atoms with van der Waals surface area (Å²) in [5, 5.41) is 15.2. The van der Waals surface area contributed by atoms with Crippen molar-refractivity contribution in [3.8, 4) is 5.69 Å². The number of rotatable bonds is 9. The van der Waals surface area contributed by atoms with E-state index in [9.17, 15) is 14.0 Å². The summed E-state index contributed by atoms with van der Waals surface area (Å²) < 4.78 is 15.5. The molecule has 24 heavy (non-hydrogen) atoms. The van der Waals surface area contributed by atoms with Crippen LogP contribution in [0.5, 0.6) is 0 Å². The van der Waals surface area contributed by atoms with Crippen LogP contribution in [-0.4, -0.2) is 33.3 Å². The van der Waals surface area contributed by atoms with Crippen molar-refractivity contribution >= 4 is 11.9 Å². The first-order chi connectivity index (χ1) is 11.6. The van der Waals surface area contributed by atoms with Gasteiger partial charge in [0.15, 0.2) is 0 Å². The quantitative estimate of drug-likeness (QED) is 0.691. The molecular formula is C17H20FN3O3. The minimum absolute atomic E-state index is 0.175. The Hall–Kier alpha value is -2.70. The lowest BCUT2D eigenvalue weighted by Gasteiger charge is -2.08. The van der Waals surface area contributed by atoms with Crippen LogP contribution < -0.4 is 5.32 Å². The standard InChI is InChI=1S/C17H20FN3O3/c18-14-12-13(7-8-15(14)21-11-5-10-20-21)17(24)19-9-4-2-1-3-6-16(22)23/h5,7-8,10-12H,1-4,6,9H2,(H,19,24)(H,22,23). The normalized spacial score (nSPS) is 10.5. The number of nitrogens with one attached hydrogen (secondary N) is 1. The predicted octanol–water partition coefficient (Wildman–Crippen LogP) is 2.78. The third kappa shape index (κ3) is 5.19. The molecule has 1 aromatic carbocycles. The topological polar surface area (TPSA) is 84.2 Å². The van der Waals surface area contributed by atoms with Crippen molar-refractivity contribution in [2.24, 2.45) is 0 Å². The zero-order valence-corrected chi connectivity index (χ0v) is 13.2. The van der Waals surface area contributed by atoms with Crippen LogP contribution in [0.2, 0.25) is 0 Å². The van der Waals surface area contributed by atoms with Crippen LogP contribution in [0.3, 0.4) is 0 Å². The first kappa shape index (κ1) is 17.7. The molecule has 0 fully saturated rings. The Kier molecular flexibility index (Phi) is 6.48. The monoisotopic (exact) mass is 333 g/mol. The average Bonchev–Trinajstić information content (AvgIpc) is 3.07. The SMILES string of the molecule is O=C(O)CCCCCCNC(=O)c1ccc(-n2cccn2)c(F)c1. The van der Waals surface area contributed by atoms with Gasteiger partial charge in [0.1, 0.15) is 11.5 Å². The summed E-state index contributed by atoms with van der Waals surface area (Å²) in [6.07, 6.45) is 6.42.